The largest absolute Gasteiger partial charge is 0.481 e. The van der Waals surface area contributed by atoms with E-state index < -0.39 is 0 Å². The third-order valence-electron chi connectivity index (χ3n) is 7.96. The topological polar surface area (TPSA) is 50.8 Å². The molecule has 1 fully saturated rings. The second kappa shape index (κ2) is 12.4. The first-order chi connectivity index (χ1) is 17.4. The Morgan fingerprint density at radius 3 is 2.31 bits per heavy atom. The Morgan fingerprint density at radius 1 is 1.06 bits per heavy atom. The fourth-order valence-electron chi connectivity index (χ4n) is 5.67. The first-order valence-corrected chi connectivity index (χ1v) is 13.9. The molecule has 0 bridgehead atoms. The predicted octanol–water partition coefficient (Wildman–Crippen LogP) is 5.16. The van der Waals surface area contributed by atoms with Crippen molar-refractivity contribution in [2.24, 2.45) is 0 Å². The second-order valence-electron chi connectivity index (χ2n) is 10.8. The number of nitrogens with zero attached hydrogens (tertiary/aromatic N) is 1. The Hall–Kier alpha value is -2.15. The third-order valence-corrected chi connectivity index (χ3v) is 7.96. The maximum atomic E-state index is 13.3. The van der Waals surface area contributed by atoms with Crippen molar-refractivity contribution in [3.63, 3.8) is 0 Å². The number of nitrogens with one attached hydrogen (secondary N) is 1. The maximum absolute atomic E-state index is 13.3. The highest BCUT2D eigenvalue weighted by Crippen LogP contribution is 2.36. The van der Waals surface area contributed by atoms with Gasteiger partial charge < -0.3 is 19.5 Å². The van der Waals surface area contributed by atoms with Gasteiger partial charge in [0, 0.05) is 24.7 Å². The number of carbonyl (C=O) groups excluding carboxylic acids is 1. The van der Waals surface area contributed by atoms with Crippen LogP contribution < -0.4 is 5.32 Å². The quantitative estimate of drug-likeness (QED) is 0.349. The van der Waals surface area contributed by atoms with Crippen molar-refractivity contribution in [1.29, 1.82) is 0 Å². The molecular weight excluding hydrogens is 447 g/mol. The third kappa shape index (κ3) is 6.40. The molecule has 1 N–H and O–H groups in total. The van der Waals surface area contributed by atoms with Crippen LogP contribution in [0.15, 0.2) is 48.5 Å². The van der Waals surface area contributed by atoms with Crippen LogP contribution in [0.4, 0.5) is 0 Å². The standard InChI is InChI=1S/C30H43BN2O3/c1-5-30(3,4)36-31(35-6-2)28-16-11-21-33(28)29(34)22-32-20-19-27-25-14-9-7-12-23(25)17-18-24-13-8-10-15-26(24)27/h7-10,12-15,27-28,32H,5-6,11,16-22H2,1-4H3. The molecule has 0 spiro atoms. The van der Waals surface area contributed by atoms with Crippen molar-refractivity contribution in [2.75, 3.05) is 26.2 Å². The zero-order valence-electron chi connectivity index (χ0n) is 22.6. The lowest BCUT2D eigenvalue weighted by Gasteiger charge is -2.34. The van der Waals surface area contributed by atoms with E-state index in [0.717, 1.165) is 51.6 Å². The fraction of sp³-hybridized carbons (Fsp3) is 0.567. The van der Waals surface area contributed by atoms with Crippen molar-refractivity contribution < 1.29 is 14.1 Å². The summed E-state index contributed by atoms with van der Waals surface area (Å²) < 4.78 is 12.3. The van der Waals surface area contributed by atoms with Crippen molar-refractivity contribution in [1.82, 2.24) is 10.2 Å². The van der Waals surface area contributed by atoms with Crippen LogP contribution in [0, 0.1) is 0 Å². The molecule has 1 aliphatic carbocycles. The normalized spacial score (nSPS) is 18.0. The summed E-state index contributed by atoms with van der Waals surface area (Å²) in [7, 11) is -0.379. The number of amides is 1. The minimum absolute atomic E-state index is 0.0225. The van der Waals surface area contributed by atoms with Crippen LogP contribution in [0.2, 0.25) is 0 Å². The second-order valence-corrected chi connectivity index (χ2v) is 10.8. The Bertz CT molecular complexity index is 964. The van der Waals surface area contributed by atoms with Gasteiger partial charge in [0.25, 0.3) is 0 Å². The number of fused-ring (bicyclic) bond motifs is 2. The first kappa shape index (κ1) is 26.9. The van der Waals surface area contributed by atoms with Crippen molar-refractivity contribution in [2.45, 2.75) is 83.7 Å². The number of aryl methyl sites for hydroxylation is 2. The Labute approximate surface area is 218 Å². The zero-order chi connectivity index (χ0) is 25.5. The molecule has 2 aliphatic rings. The van der Waals surface area contributed by atoms with Gasteiger partial charge in [-0.2, -0.15) is 0 Å². The molecule has 2 aromatic carbocycles. The van der Waals surface area contributed by atoms with Gasteiger partial charge in [-0.25, -0.2) is 0 Å². The van der Waals surface area contributed by atoms with Gasteiger partial charge >= 0.3 is 7.12 Å². The molecule has 1 saturated heterocycles. The van der Waals surface area contributed by atoms with Crippen molar-refractivity contribution in [3.8, 4) is 0 Å². The summed E-state index contributed by atoms with van der Waals surface area (Å²) >= 11 is 0. The van der Waals surface area contributed by atoms with Crippen LogP contribution in [-0.2, 0) is 26.9 Å². The monoisotopic (exact) mass is 490 g/mol. The van der Waals surface area contributed by atoms with Gasteiger partial charge in [0.2, 0.25) is 5.91 Å². The summed E-state index contributed by atoms with van der Waals surface area (Å²) in [6.45, 7) is 10.8. The van der Waals surface area contributed by atoms with Gasteiger partial charge in [-0.3, -0.25) is 4.79 Å². The van der Waals surface area contributed by atoms with E-state index in [2.05, 4.69) is 74.6 Å². The van der Waals surface area contributed by atoms with Crippen molar-refractivity contribution >= 4 is 13.0 Å². The van der Waals surface area contributed by atoms with E-state index in [9.17, 15) is 4.79 Å². The average molecular weight is 490 g/mol. The number of rotatable bonds is 11. The van der Waals surface area contributed by atoms with Gasteiger partial charge in [0.15, 0.2) is 0 Å². The highest BCUT2D eigenvalue weighted by Gasteiger charge is 2.42. The van der Waals surface area contributed by atoms with E-state index in [-0.39, 0.29) is 24.6 Å². The molecule has 0 aromatic heterocycles. The van der Waals surface area contributed by atoms with E-state index >= 15 is 0 Å². The number of carbonyl (C=O) groups is 1. The predicted molar refractivity (Wildman–Crippen MR) is 147 cm³/mol. The summed E-state index contributed by atoms with van der Waals surface area (Å²) in [6, 6.07) is 17.7. The van der Waals surface area contributed by atoms with E-state index in [1.807, 2.05) is 11.8 Å². The summed E-state index contributed by atoms with van der Waals surface area (Å²) in [5, 5.41) is 3.47. The molecule has 1 atom stereocenters. The number of benzene rings is 2. The smallest absolute Gasteiger partial charge is 0.410 e. The minimum Gasteiger partial charge on any atom is -0.410 e. The molecular formula is C30H43BN2O3. The maximum Gasteiger partial charge on any atom is 0.481 e. The van der Waals surface area contributed by atoms with Crippen LogP contribution in [-0.4, -0.2) is 55.7 Å². The highest BCUT2D eigenvalue weighted by molar-refractivity contribution is 6.47. The van der Waals surface area contributed by atoms with E-state index in [0.29, 0.717) is 19.1 Å². The molecule has 1 amide bonds. The van der Waals surface area contributed by atoms with E-state index in [1.54, 1.807) is 0 Å². The van der Waals surface area contributed by atoms with Crippen LogP contribution in [0.25, 0.3) is 0 Å². The van der Waals surface area contributed by atoms with Gasteiger partial charge in [-0.05, 0) is 88.1 Å². The lowest BCUT2D eigenvalue weighted by atomic mass is 9.75. The van der Waals surface area contributed by atoms with Crippen molar-refractivity contribution in [3.05, 3.63) is 70.8 Å². The number of likely N-dealkylation sites (tertiary alicyclic amines) is 1. The lowest BCUT2D eigenvalue weighted by molar-refractivity contribution is -0.130. The molecule has 0 saturated carbocycles. The molecule has 6 heteroatoms. The summed E-state index contributed by atoms with van der Waals surface area (Å²) in [6.07, 6.45) is 5.96. The number of hydrogen-bond donors (Lipinski definition) is 1. The summed E-state index contributed by atoms with van der Waals surface area (Å²) in [5.41, 5.74) is 5.50. The van der Waals surface area contributed by atoms with Crippen LogP contribution in [0.3, 0.4) is 0 Å². The van der Waals surface area contributed by atoms with Crippen LogP contribution in [0.1, 0.15) is 81.5 Å². The number of hydrogen-bond acceptors (Lipinski definition) is 4. The molecule has 36 heavy (non-hydrogen) atoms. The molecule has 4 rings (SSSR count). The Balaban J connectivity index is 1.37. The molecule has 0 radical (unpaired) electrons. The molecule has 1 unspecified atom stereocenters. The van der Waals surface area contributed by atoms with E-state index in [1.165, 1.54) is 22.3 Å². The molecule has 194 valence electrons. The summed E-state index contributed by atoms with van der Waals surface area (Å²) in [5.74, 6) is 0.474. The minimum atomic E-state index is -0.379. The van der Waals surface area contributed by atoms with Gasteiger partial charge in [-0.1, -0.05) is 55.5 Å². The highest BCUT2D eigenvalue weighted by atomic mass is 16.6. The molecule has 2 aromatic rings. The lowest BCUT2D eigenvalue weighted by Crippen LogP contribution is -2.53. The van der Waals surface area contributed by atoms with Gasteiger partial charge in [0.05, 0.1) is 12.5 Å². The SMILES string of the molecule is CCOB(OC(C)(C)CC)C1CCCN1C(=O)CNCCC1c2ccccc2CCc2ccccc21. The molecule has 5 nitrogen and oxygen atoms in total. The molecule has 1 aliphatic heterocycles. The zero-order valence-corrected chi connectivity index (χ0v) is 22.6. The molecule has 1 heterocycles. The van der Waals surface area contributed by atoms with Crippen LogP contribution in [0.5, 0.6) is 0 Å². The summed E-state index contributed by atoms with van der Waals surface area (Å²) in [4.78, 5) is 15.2. The Kier molecular flexibility index (Phi) is 9.27. The average Bonchev–Trinajstić information content (AvgIpc) is 3.32. The first-order valence-electron chi connectivity index (χ1n) is 13.9. The fourth-order valence-corrected chi connectivity index (χ4v) is 5.67. The van der Waals surface area contributed by atoms with E-state index in [4.69, 9.17) is 9.31 Å². The van der Waals surface area contributed by atoms with Crippen LogP contribution >= 0.6 is 0 Å². The van der Waals surface area contributed by atoms with Gasteiger partial charge in [-0.15, -0.1) is 0 Å². The Morgan fingerprint density at radius 2 is 1.69 bits per heavy atom. The van der Waals surface area contributed by atoms with Gasteiger partial charge in [0.1, 0.15) is 0 Å².